The molecule has 1 rings (SSSR count). The molecule has 2 unspecified atom stereocenters. The van der Waals surface area contributed by atoms with Crippen molar-refractivity contribution in [1.29, 1.82) is 0 Å². The first-order valence-corrected chi connectivity index (χ1v) is 6.69. The van der Waals surface area contributed by atoms with Gasteiger partial charge >= 0.3 is 0 Å². The largest absolute Gasteiger partial charge is 0.392 e. The zero-order valence-electron chi connectivity index (χ0n) is 9.82. The van der Waals surface area contributed by atoms with Crippen LogP contribution in [0.5, 0.6) is 0 Å². The summed E-state index contributed by atoms with van der Waals surface area (Å²) in [4.78, 5) is 0.616. The molecular weight excluding hydrogens is 223 g/mol. The quantitative estimate of drug-likeness (QED) is 0.767. The number of hydrogen-bond acceptors (Lipinski definition) is 2. The molecule has 0 aliphatic rings. The van der Waals surface area contributed by atoms with Gasteiger partial charge in [0.2, 0.25) is 0 Å². The van der Waals surface area contributed by atoms with Crippen molar-refractivity contribution in [1.82, 2.24) is 0 Å². The van der Waals surface area contributed by atoms with Crippen LogP contribution in [0.4, 0.5) is 4.39 Å². The van der Waals surface area contributed by atoms with E-state index in [4.69, 9.17) is 0 Å². The Morgan fingerprint density at radius 2 is 2.06 bits per heavy atom. The zero-order chi connectivity index (χ0) is 12.0. The summed E-state index contributed by atoms with van der Waals surface area (Å²) >= 11 is 1.38. The lowest BCUT2D eigenvalue weighted by Gasteiger charge is -2.17. The molecule has 1 aromatic rings. The normalized spacial score (nSPS) is 14.8. The second-order valence-corrected chi connectivity index (χ2v) is 5.14. The Morgan fingerprint density at radius 3 is 2.69 bits per heavy atom. The van der Waals surface area contributed by atoms with Crippen LogP contribution in [0.2, 0.25) is 0 Å². The summed E-state index contributed by atoms with van der Waals surface area (Å²) in [5, 5.41) is 9.86. The minimum absolute atomic E-state index is 0.206. The van der Waals surface area contributed by atoms with Crippen LogP contribution in [0.15, 0.2) is 29.2 Å². The molecule has 0 fully saturated rings. The van der Waals surface area contributed by atoms with Crippen molar-refractivity contribution >= 4 is 11.8 Å². The molecule has 2 atom stereocenters. The SMILES string of the molecule is CCCC(C)C(O)CSc1ccccc1F. The predicted octanol–water partition coefficient (Wildman–Crippen LogP) is 3.71. The minimum Gasteiger partial charge on any atom is -0.392 e. The van der Waals surface area contributed by atoms with E-state index in [1.54, 1.807) is 12.1 Å². The Morgan fingerprint density at radius 1 is 1.38 bits per heavy atom. The van der Waals surface area contributed by atoms with Crippen molar-refractivity contribution in [2.75, 3.05) is 5.75 Å². The van der Waals surface area contributed by atoms with E-state index in [0.717, 1.165) is 12.8 Å². The number of aliphatic hydroxyl groups is 1. The molecule has 0 amide bonds. The highest BCUT2D eigenvalue weighted by molar-refractivity contribution is 7.99. The Labute approximate surface area is 101 Å². The fourth-order valence-corrected chi connectivity index (χ4v) is 2.61. The minimum atomic E-state index is -0.357. The van der Waals surface area contributed by atoms with E-state index in [9.17, 15) is 9.50 Å². The van der Waals surface area contributed by atoms with Crippen molar-refractivity contribution in [3.05, 3.63) is 30.1 Å². The summed E-state index contributed by atoms with van der Waals surface area (Å²) in [6.07, 6.45) is 1.73. The number of halogens is 1. The molecule has 0 aliphatic carbocycles. The van der Waals surface area contributed by atoms with Crippen LogP contribution in [-0.4, -0.2) is 17.0 Å². The molecule has 1 aromatic carbocycles. The molecule has 0 radical (unpaired) electrons. The second kappa shape index (κ2) is 6.92. The molecule has 90 valence electrons. The topological polar surface area (TPSA) is 20.2 Å². The van der Waals surface area contributed by atoms with Crippen LogP contribution < -0.4 is 0 Å². The number of thioether (sulfide) groups is 1. The van der Waals surface area contributed by atoms with Crippen molar-refractivity contribution in [2.45, 2.75) is 37.7 Å². The Balaban J connectivity index is 2.42. The Hall–Kier alpha value is -0.540. The van der Waals surface area contributed by atoms with Gasteiger partial charge < -0.3 is 5.11 Å². The van der Waals surface area contributed by atoms with Crippen LogP contribution >= 0.6 is 11.8 Å². The van der Waals surface area contributed by atoms with Crippen molar-refractivity contribution < 1.29 is 9.50 Å². The van der Waals surface area contributed by atoms with Crippen molar-refractivity contribution in [3.8, 4) is 0 Å². The fraction of sp³-hybridized carbons (Fsp3) is 0.538. The summed E-state index contributed by atoms with van der Waals surface area (Å²) < 4.78 is 13.3. The molecule has 0 aliphatic heterocycles. The van der Waals surface area contributed by atoms with Crippen LogP contribution in [0.3, 0.4) is 0 Å². The standard InChI is InChI=1S/C13H19FOS/c1-3-6-10(2)12(15)9-16-13-8-5-4-7-11(13)14/h4-5,7-8,10,12,15H,3,6,9H2,1-2H3. The maximum Gasteiger partial charge on any atom is 0.136 e. The molecule has 0 saturated carbocycles. The van der Waals surface area contributed by atoms with Gasteiger partial charge in [-0.1, -0.05) is 32.4 Å². The molecule has 3 heteroatoms. The molecule has 16 heavy (non-hydrogen) atoms. The van der Waals surface area contributed by atoms with Crippen LogP contribution in [0, 0.1) is 11.7 Å². The molecule has 0 bridgehead atoms. The van der Waals surface area contributed by atoms with E-state index >= 15 is 0 Å². The summed E-state index contributed by atoms with van der Waals surface area (Å²) in [5.41, 5.74) is 0. The fourth-order valence-electron chi connectivity index (χ4n) is 1.55. The lowest BCUT2D eigenvalue weighted by atomic mass is 10.0. The Bertz CT molecular complexity index is 317. The Kier molecular flexibility index (Phi) is 5.85. The number of benzene rings is 1. The maximum absolute atomic E-state index is 13.3. The summed E-state index contributed by atoms with van der Waals surface area (Å²) in [6.45, 7) is 4.14. The van der Waals surface area contributed by atoms with E-state index in [-0.39, 0.29) is 17.8 Å². The van der Waals surface area contributed by atoms with Gasteiger partial charge in [0.05, 0.1) is 6.10 Å². The molecule has 0 spiro atoms. The molecule has 1 nitrogen and oxygen atoms in total. The van der Waals surface area contributed by atoms with Crippen molar-refractivity contribution in [2.24, 2.45) is 5.92 Å². The van der Waals surface area contributed by atoms with Gasteiger partial charge in [-0.25, -0.2) is 4.39 Å². The van der Waals surface area contributed by atoms with E-state index in [1.165, 1.54) is 17.8 Å². The van der Waals surface area contributed by atoms with E-state index in [2.05, 4.69) is 6.92 Å². The first kappa shape index (κ1) is 13.5. The molecule has 1 N–H and O–H groups in total. The third-order valence-electron chi connectivity index (χ3n) is 2.65. The van der Waals surface area contributed by atoms with Gasteiger partial charge in [0.25, 0.3) is 0 Å². The van der Waals surface area contributed by atoms with Gasteiger partial charge in [-0.05, 0) is 24.5 Å². The van der Waals surface area contributed by atoms with E-state index in [0.29, 0.717) is 10.6 Å². The number of hydrogen-bond donors (Lipinski definition) is 1. The smallest absolute Gasteiger partial charge is 0.136 e. The molecule has 0 aromatic heterocycles. The summed E-state index contributed by atoms with van der Waals surface area (Å²) in [6, 6.07) is 6.68. The highest BCUT2D eigenvalue weighted by Gasteiger charge is 2.14. The predicted molar refractivity (Wildman–Crippen MR) is 67.2 cm³/mol. The van der Waals surface area contributed by atoms with Gasteiger partial charge in [0.1, 0.15) is 5.82 Å². The lowest BCUT2D eigenvalue weighted by Crippen LogP contribution is -2.20. The van der Waals surface area contributed by atoms with Crippen LogP contribution in [-0.2, 0) is 0 Å². The first-order valence-electron chi connectivity index (χ1n) is 5.70. The van der Waals surface area contributed by atoms with Gasteiger partial charge in [-0.3, -0.25) is 0 Å². The van der Waals surface area contributed by atoms with Crippen LogP contribution in [0.1, 0.15) is 26.7 Å². The van der Waals surface area contributed by atoms with E-state index < -0.39 is 0 Å². The average Bonchev–Trinajstić information content (AvgIpc) is 2.28. The number of rotatable bonds is 6. The highest BCUT2D eigenvalue weighted by Crippen LogP contribution is 2.24. The summed E-state index contributed by atoms with van der Waals surface area (Å²) in [7, 11) is 0. The second-order valence-electron chi connectivity index (χ2n) is 4.07. The van der Waals surface area contributed by atoms with Gasteiger partial charge in [0.15, 0.2) is 0 Å². The highest BCUT2D eigenvalue weighted by atomic mass is 32.2. The molecular formula is C13H19FOS. The number of aliphatic hydroxyl groups excluding tert-OH is 1. The van der Waals surface area contributed by atoms with Crippen molar-refractivity contribution in [3.63, 3.8) is 0 Å². The third kappa shape index (κ3) is 4.14. The van der Waals surface area contributed by atoms with Gasteiger partial charge in [-0.2, -0.15) is 0 Å². The van der Waals surface area contributed by atoms with E-state index in [1.807, 2.05) is 13.0 Å². The zero-order valence-corrected chi connectivity index (χ0v) is 10.6. The lowest BCUT2D eigenvalue weighted by molar-refractivity contribution is 0.134. The van der Waals surface area contributed by atoms with Gasteiger partial charge in [-0.15, -0.1) is 11.8 Å². The molecule has 0 heterocycles. The molecule has 0 saturated heterocycles. The monoisotopic (exact) mass is 242 g/mol. The average molecular weight is 242 g/mol. The first-order chi connectivity index (χ1) is 7.65. The van der Waals surface area contributed by atoms with Crippen LogP contribution in [0.25, 0.3) is 0 Å². The third-order valence-corrected chi connectivity index (χ3v) is 3.80. The summed E-state index contributed by atoms with van der Waals surface area (Å²) in [5.74, 6) is 0.634. The van der Waals surface area contributed by atoms with Gasteiger partial charge in [0, 0.05) is 10.6 Å². The maximum atomic E-state index is 13.3.